The average Bonchev–Trinajstić information content (AvgIpc) is 2.42. The zero-order valence-electron chi connectivity index (χ0n) is 11.6. The molecule has 2 aliphatic heterocycles. The van der Waals surface area contributed by atoms with Crippen LogP contribution in [-0.4, -0.2) is 24.5 Å². The molecule has 98 valence electrons. The van der Waals surface area contributed by atoms with Crippen molar-refractivity contribution in [1.29, 1.82) is 0 Å². The van der Waals surface area contributed by atoms with E-state index in [0.717, 1.165) is 18.3 Å². The number of aliphatic imine (C=N–C) groups is 1. The van der Waals surface area contributed by atoms with Crippen molar-refractivity contribution in [1.82, 2.24) is 0 Å². The van der Waals surface area contributed by atoms with Crippen molar-refractivity contribution in [2.75, 3.05) is 0 Å². The third kappa shape index (κ3) is 2.52. The van der Waals surface area contributed by atoms with Crippen molar-refractivity contribution in [3.8, 4) is 0 Å². The molecule has 0 atom stereocenters. The molecule has 0 aliphatic carbocycles. The summed E-state index contributed by atoms with van der Waals surface area (Å²) in [5.41, 5.74) is 6.03. The van der Waals surface area contributed by atoms with E-state index in [1.165, 1.54) is 0 Å². The van der Waals surface area contributed by atoms with Crippen LogP contribution in [-0.2, 0) is 9.31 Å². The molecule has 1 saturated heterocycles. The summed E-state index contributed by atoms with van der Waals surface area (Å²) in [6.07, 6.45) is 7.59. The van der Waals surface area contributed by atoms with Crippen LogP contribution in [0.2, 0.25) is 0 Å². The second-order valence-corrected chi connectivity index (χ2v) is 5.76. The maximum Gasteiger partial charge on any atom is 0.496 e. The van der Waals surface area contributed by atoms with Gasteiger partial charge in [-0.25, -0.2) is 4.99 Å². The van der Waals surface area contributed by atoms with E-state index in [-0.39, 0.29) is 18.3 Å². The molecule has 2 heterocycles. The second kappa shape index (κ2) is 4.55. The molecule has 2 N–H and O–H groups in total. The highest BCUT2D eigenvalue weighted by molar-refractivity contribution is 6.60. The zero-order chi connectivity index (χ0) is 13.4. The van der Waals surface area contributed by atoms with E-state index in [0.29, 0.717) is 5.82 Å². The van der Waals surface area contributed by atoms with E-state index in [2.05, 4.69) is 11.1 Å². The molecule has 1 fully saturated rings. The minimum absolute atomic E-state index is 0.323. The fourth-order valence-corrected chi connectivity index (χ4v) is 1.87. The molecular weight excluding hydrogens is 227 g/mol. The predicted molar refractivity (Wildman–Crippen MR) is 74.2 cm³/mol. The van der Waals surface area contributed by atoms with Gasteiger partial charge in [0.2, 0.25) is 0 Å². The molecule has 0 unspecified atom stereocenters. The molecular formula is C13H21BN2O2. The van der Waals surface area contributed by atoms with Crippen LogP contribution in [0, 0.1) is 0 Å². The first-order valence-corrected chi connectivity index (χ1v) is 6.37. The molecule has 0 aromatic carbocycles. The first kappa shape index (κ1) is 13.4. The summed E-state index contributed by atoms with van der Waals surface area (Å²) >= 11 is 0. The minimum atomic E-state index is -0.357. The van der Waals surface area contributed by atoms with Gasteiger partial charge < -0.3 is 15.0 Å². The number of allylic oxidation sites excluding steroid dienone is 3. The predicted octanol–water partition coefficient (Wildman–Crippen LogP) is 2.21. The Morgan fingerprint density at radius 3 is 2.28 bits per heavy atom. The summed E-state index contributed by atoms with van der Waals surface area (Å²) < 4.78 is 12.0. The normalized spacial score (nSPS) is 31.0. The van der Waals surface area contributed by atoms with E-state index >= 15 is 0 Å². The lowest BCUT2D eigenvalue weighted by atomic mass is 9.78. The molecule has 4 nitrogen and oxygen atoms in total. The highest BCUT2D eigenvalue weighted by Crippen LogP contribution is 2.38. The average molecular weight is 248 g/mol. The van der Waals surface area contributed by atoms with Gasteiger partial charge in [-0.15, -0.1) is 0 Å². The quantitative estimate of drug-likeness (QED) is 0.724. The standard InChI is InChI=1S/C13H21BN2O2/c1-12(2)13(3,4)18-14(17-12)10-7-5-6-8-11(15)16-9-10/h7-9H,5-6,15H2,1-4H3/b10-7+,11-8?,16-9-. The van der Waals surface area contributed by atoms with Crippen LogP contribution in [0.1, 0.15) is 40.5 Å². The Balaban J connectivity index is 2.19. The number of nitrogens with two attached hydrogens (primary N) is 1. The summed E-state index contributed by atoms with van der Waals surface area (Å²) in [4.78, 5) is 4.19. The van der Waals surface area contributed by atoms with Crippen LogP contribution < -0.4 is 5.73 Å². The van der Waals surface area contributed by atoms with Gasteiger partial charge in [-0.1, -0.05) is 6.08 Å². The van der Waals surface area contributed by atoms with Gasteiger partial charge in [0.1, 0.15) is 5.82 Å². The van der Waals surface area contributed by atoms with E-state index < -0.39 is 0 Å². The summed E-state index contributed by atoms with van der Waals surface area (Å²) in [5, 5.41) is 0. The minimum Gasteiger partial charge on any atom is -0.399 e. The van der Waals surface area contributed by atoms with E-state index in [4.69, 9.17) is 15.0 Å². The fraction of sp³-hybridized carbons (Fsp3) is 0.615. The topological polar surface area (TPSA) is 56.8 Å². The Hall–Kier alpha value is -1.07. The summed E-state index contributed by atoms with van der Waals surface area (Å²) in [6.45, 7) is 8.17. The van der Waals surface area contributed by atoms with Gasteiger partial charge in [0.15, 0.2) is 0 Å². The van der Waals surface area contributed by atoms with Gasteiger partial charge in [-0.2, -0.15) is 0 Å². The second-order valence-electron chi connectivity index (χ2n) is 5.76. The highest BCUT2D eigenvalue weighted by Gasteiger charge is 2.52. The lowest BCUT2D eigenvalue weighted by molar-refractivity contribution is 0.00578. The lowest BCUT2D eigenvalue weighted by Gasteiger charge is -2.32. The molecule has 0 saturated carbocycles. The van der Waals surface area contributed by atoms with E-state index in [1.54, 1.807) is 6.21 Å². The van der Waals surface area contributed by atoms with Crippen LogP contribution in [0.4, 0.5) is 0 Å². The van der Waals surface area contributed by atoms with E-state index in [9.17, 15) is 0 Å². The number of nitrogens with zero attached hydrogens (tertiary/aromatic N) is 1. The Kier molecular flexibility index (Phi) is 3.38. The highest BCUT2D eigenvalue weighted by atomic mass is 16.7. The van der Waals surface area contributed by atoms with Crippen molar-refractivity contribution in [3.63, 3.8) is 0 Å². The number of hydrogen-bond acceptors (Lipinski definition) is 4. The summed E-state index contributed by atoms with van der Waals surface area (Å²) in [5.74, 6) is 0.553. The molecule has 0 aromatic heterocycles. The van der Waals surface area contributed by atoms with Crippen molar-refractivity contribution >= 4 is 13.3 Å². The van der Waals surface area contributed by atoms with Gasteiger partial charge in [-0.05, 0) is 52.1 Å². The molecule has 5 heteroatoms. The molecule has 2 aliphatic rings. The Morgan fingerprint density at radius 1 is 1.11 bits per heavy atom. The molecule has 0 bridgehead atoms. The van der Waals surface area contributed by atoms with Crippen LogP contribution in [0.3, 0.4) is 0 Å². The maximum atomic E-state index is 5.99. The van der Waals surface area contributed by atoms with Crippen LogP contribution in [0.15, 0.2) is 28.4 Å². The third-order valence-electron chi connectivity index (χ3n) is 3.79. The van der Waals surface area contributed by atoms with Gasteiger partial charge in [0.25, 0.3) is 0 Å². The van der Waals surface area contributed by atoms with Crippen molar-refractivity contribution < 1.29 is 9.31 Å². The Morgan fingerprint density at radius 2 is 1.67 bits per heavy atom. The van der Waals surface area contributed by atoms with Crippen LogP contribution in [0.25, 0.3) is 0 Å². The largest absolute Gasteiger partial charge is 0.496 e. The van der Waals surface area contributed by atoms with Crippen LogP contribution in [0.5, 0.6) is 0 Å². The van der Waals surface area contributed by atoms with Crippen molar-refractivity contribution in [3.05, 3.63) is 23.4 Å². The molecule has 0 radical (unpaired) electrons. The smallest absolute Gasteiger partial charge is 0.399 e. The van der Waals surface area contributed by atoms with Gasteiger partial charge in [0.05, 0.1) is 11.2 Å². The first-order valence-electron chi connectivity index (χ1n) is 6.37. The lowest BCUT2D eigenvalue weighted by Crippen LogP contribution is -2.41. The number of hydrogen-bond donors (Lipinski definition) is 1. The Bertz CT molecular complexity index is 409. The van der Waals surface area contributed by atoms with E-state index in [1.807, 2.05) is 33.8 Å². The number of rotatable bonds is 1. The monoisotopic (exact) mass is 248 g/mol. The first-order chi connectivity index (χ1) is 8.32. The molecule has 0 amide bonds. The van der Waals surface area contributed by atoms with Crippen LogP contribution >= 0.6 is 0 Å². The van der Waals surface area contributed by atoms with Crippen molar-refractivity contribution in [2.45, 2.75) is 51.7 Å². The van der Waals surface area contributed by atoms with Gasteiger partial charge in [0, 0.05) is 6.21 Å². The SMILES string of the molecule is CC1(C)OB(C2=C/CCC=C(N)/N=C\2)OC1(C)C. The fourth-order valence-electron chi connectivity index (χ4n) is 1.87. The third-order valence-corrected chi connectivity index (χ3v) is 3.79. The summed E-state index contributed by atoms with van der Waals surface area (Å²) in [7, 11) is -0.357. The Labute approximate surface area is 109 Å². The van der Waals surface area contributed by atoms with Crippen molar-refractivity contribution in [2.24, 2.45) is 10.7 Å². The molecule has 18 heavy (non-hydrogen) atoms. The molecule has 0 aromatic rings. The summed E-state index contributed by atoms with van der Waals surface area (Å²) in [6, 6.07) is 0. The van der Waals surface area contributed by atoms with Gasteiger partial charge >= 0.3 is 7.12 Å². The maximum absolute atomic E-state index is 5.99. The zero-order valence-corrected chi connectivity index (χ0v) is 11.6. The van der Waals surface area contributed by atoms with Gasteiger partial charge in [-0.3, -0.25) is 0 Å². The molecule has 2 rings (SSSR count). The molecule has 0 spiro atoms.